The van der Waals surface area contributed by atoms with E-state index in [0.717, 1.165) is 9.79 Å². The van der Waals surface area contributed by atoms with Crippen molar-refractivity contribution in [2.45, 2.75) is 29.1 Å². The number of hydrogen-bond acceptors (Lipinski definition) is 3. The van der Waals surface area contributed by atoms with Crippen LogP contribution in [0.15, 0.2) is 58.3 Å². The molecule has 2 nitrogen and oxygen atoms in total. The minimum atomic E-state index is 0.269. The second-order valence-electron chi connectivity index (χ2n) is 4.15. The lowest BCUT2D eigenvalue weighted by Crippen LogP contribution is -1.73. The van der Waals surface area contributed by atoms with Gasteiger partial charge in [-0.05, 0) is 48.5 Å². The number of hydrogen-bond donors (Lipinski definition) is 2. The first-order chi connectivity index (χ1) is 8.74. The van der Waals surface area contributed by atoms with Crippen molar-refractivity contribution >= 4 is 11.8 Å². The standard InChI is InChI=1S/C12H10O2S.C3H6/c13-9-1-5-11(6-2-9)15-12-7-3-10(14)4-8-12;1-2-3-1/h1-8,13-14H;1-3H2. The van der Waals surface area contributed by atoms with E-state index >= 15 is 0 Å². The minimum absolute atomic E-state index is 0.269. The van der Waals surface area contributed by atoms with Gasteiger partial charge in [-0.25, -0.2) is 0 Å². The third kappa shape index (κ3) is 4.72. The molecule has 2 N–H and O–H groups in total. The van der Waals surface area contributed by atoms with Gasteiger partial charge in [0.25, 0.3) is 0 Å². The highest BCUT2D eigenvalue weighted by Crippen LogP contribution is 2.29. The van der Waals surface area contributed by atoms with Gasteiger partial charge in [0.2, 0.25) is 0 Å². The lowest BCUT2D eigenvalue weighted by atomic mass is 10.3. The van der Waals surface area contributed by atoms with Crippen LogP contribution in [0.5, 0.6) is 11.5 Å². The lowest BCUT2D eigenvalue weighted by Gasteiger charge is -2.01. The van der Waals surface area contributed by atoms with Crippen LogP contribution in [0.2, 0.25) is 0 Å². The SMILES string of the molecule is C1CC1.Oc1ccc(Sc2ccc(O)cc2)cc1. The molecule has 2 aromatic carbocycles. The quantitative estimate of drug-likeness (QED) is 0.839. The van der Waals surface area contributed by atoms with E-state index in [1.807, 2.05) is 24.3 Å². The molecular formula is C15H16O2S. The van der Waals surface area contributed by atoms with Crippen LogP contribution in [0.1, 0.15) is 19.3 Å². The van der Waals surface area contributed by atoms with E-state index in [4.69, 9.17) is 10.2 Å². The zero-order valence-electron chi connectivity index (χ0n) is 10.0. The summed E-state index contributed by atoms with van der Waals surface area (Å²) in [6.07, 6.45) is 4.50. The van der Waals surface area contributed by atoms with Gasteiger partial charge >= 0.3 is 0 Å². The molecule has 1 aliphatic carbocycles. The lowest BCUT2D eigenvalue weighted by molar-refractivity contribution is 0.474. The van der Waals surface area contributed by atoms with Crippen LogP contribution < -0.4 is 0 Å². The van der Waals surface area contributed by atoms with Gasteiger partial charge in [0.05, 0.1) is 0 Å². The summed E-state index contributed by atoms with van der Waals surface area (Å²) in [5, 5.41) is 18.2. The zero-order valence-corrected chi connectivity index (χ0v) is 10.9. The average Bonchev–Trinajstić information content (AvgIpc) is 3.23. The number of phenols is 2. The maximum Gasteiger partial charge on any atom is 0.115 e. The topological polar surface area (TPSA) is 40.5 Å². The smallest absolute Gasteiger partial charge is 0.115 e. The minimum Gasteiger partial charge on any atom is -0.508 e. The van der Waals surface area contributed by atoms with E-state index in [1.165, 1.54) is 19.3 Å². The monoisotopic (exact) mass is 260 g/mol. The Hall–Kier alpha value is -1.61. The summed E-state index contributed by atoms with van der Waals surface area (Å²) >= 11 is 1.58. The van der Waals surface area contributed by atoms with Gasteiger partial charge in [-0.2, -0.15) is 0 Å². The van der Waals surface area contributed by atoms with Gasteiger partial charge in [0.15, 0.2) is 0 Å². The molecule has 3 rings (SSSR count). The Balaban J connectivity index is 0.000000350. The molecule has 0 unspecified atom stereocenters. The molecule has 2 aromatic rings. The predicted molar refractivity (Wildman–Crippen MR) is 74.2 cm³/mol. The Morgan fingerprint density at radius 3 is 1.22 bits per heavy atom. The van der Waals surface area contributed by atoms with E-state index in [2.05, 4.69) is 0 Å². The van der Waals surface area contributed by atoms with E-state index in [9.17, 15) is 0 Å². The second-order valence-corrected chi connectivity index (χ2v) is 5.30. The van der Waals surface area contributed by atoms with Crippen LogP contribution in [0, 0.1) is 0 Å². The highest BCUT2D eigenvalue weighted by Gasteiger charge is 1.97. The summed E-state index contributed by atoms with van der Waals surface area (Å²) in [5.41, 5.74) is 0. The highest BCUT2D eigenvalue weighted by atomic mass is 32.2. The third-order valence-electron chi connectivity index (χ3n) is 2.26. The normalized spacial score (nSPS) is 12.4. The van der Waals surface area contributed by atoms with Crippen molar-refractivity contribution in [3.63, 3.8) is 0 Å². The molecular weight excluding hydrogens is 244 g/mol. The first-order valence-corrected chi connectivity index (χ1v) is 6.81. The zero-order chi connectivity index (χ0) is 12.8. The van der Waals surface area contributed by atoms with Crippen LogP contribution in [-0.4, -0.2) is 10.2 Å². The fraction of sp³-hybridized carbons (Fsp3) is 0.200. The predicted octanol–water partition coefficient (Wildman–Crippen LogP) is 4.42. The van der Waals surface area contributed by atoms with E-state index in [-0.39, 0.29) is 11.5 Å². The molecule has 94 valence electrons. The summed E-state index contributed by atoms with van der Waals surface area (Å²) < 4.78 is 0. The van der Waals surface area contributed by atoms with Crippen molar-refractivity contribution < 1.29 is 10.2 Å². The van der Waals surface area contributed by atoms with Gasteiger partial charge in [0.1, 0.15) is 11.5 Å². The van der Waals surface area contributed by atoms with Crippen LogP contribution >= 0.6 is 11.8 Å². The summed E-state index contributed by atoms with van der Waals surface area (Å²) in [4.78, 5) is 2.11. The van der Waals surface area contributed by atoms with Crippen molar-refractivity contribution in [1.29, 1.82) is 0 Å². The fourth-order valence-electron chi connectivity index (χ4n) is 1.16. The molecule has 0 aliphatic heterocycles. The van der Waals surface area contributed by atoms with Gasteiger partial charge < -0.3 is 10.2 Å². The van der Waals surface area contributed by atoms with E-state index in [1.54, 1.807) is 36.0 Å². The third-order valence-corrected chi connectivity index (χ3v) is 3.28. The van der Waals surface area contributed by atoms with Crippen LogP contribution in [0.25, 0.3) is 0 Å². The Kier molecular flexibility index (Phi) is 4.53. The van der Waals surface area contributed by atoms with Crippen molar-refractivity contribution in [3.05, 3.63) is 48.5 Å². The first kappa shape index (κ1) is 12.8. The molecule has 0 radical (unpaired) electrons. The second kappa shape index (κ2) is 6.36. The van der Waals surface area contributed by atoms with E-state index < -0.39 is 0 Å². The van der Waals surface area contributed by atoms with Crippen molar-refractivity contribution in [2.75, 3.05) is 0 Å². The molecule has 0 aromatic heterocycles. The summed E-state index contributed by atoms with van der Waals surface area (Å²) in [6, 6.07) is 14.0. The Morgan fingerprint density at radius 1 is 0.611 bits per heavy atom. The Labute approximate surface area is 111 Å². The van der Waals surface area contributed by atoms with Crippen LogP contribution in [0.3, 0.4) is 0 Å². The molecule has 0 heterocycles. The maximum atomic E-state index is 9.12. The molecule has 18 heavy (non-hydrogen) atoms. The summed E-state index contributed by atoms with van der Waals surface area (Å²) in [6.45, 7) is 0. The van der Waals surface area contributed by atoms with Crippen LogP contribution in [0.4, 0.5) is 0 Å². The highest BCUT2D eigenvalue weighted by molar-refractivity contribution is 7.99. The van der Waals surface area contributed by atoms with Gasteiger partial charge in [-0.1, -0.05) is 31.0 Å². The van der Waals surface area contributed by atoms with E-state index in [0.29, 0.717) is 0 Å². The molecule has 0 spiro atoms. The maximum absolute atomic E-state index is 9.12. The first-order valence-electron chi connectivity index (χ1n) is 6.00. The van der Waals surface area contributed by atoms with Crippen molar-refractivity contribution in [3.8, 4) is 11.5 Å². The molecule has 0 bridgehead atoms. The summed E-state index contributed by atoms with van der Waals surface area (Å²) in [7, 11) is 0. The van der Waals surface area contributed by atoms with Gasteiger partial charge in [-0.15, -0.1) is 0 Å². The molecule has 0 amide bonds. The summed E-state index contributed by atoms with van der Waals surface area (Å²) in [5.74, 6) is 0.537. The largest absolute Gasteiger partial charge is 0.508 e. The number of rotatable bonds is 2. The molecule has 1 saturated carbocycles. The molecule has 1 fully saturated rings. The molecule has 0 saturated heterocycles. The molecule has 1 aliphatic rings. The Bertz CT molecular complexity index is 429. The average molecular weight is 260 g/mol. The number of aromatic hydroxyl groups is 2. The Morgan fingerprint density at radius 2 is 0.944 bits per heavy atom. The number of phenolic OH excluding ortho intramolecular Hbond substituents is 2. The molecule has 3 heteroatoms. The van der Waals surface area contributed by atoms with Crippen LogP contribution in [-0.2, 0) is 0 Å². The molecule has 0 atom stereocenters. The van der Waals surface area contributed by atoms with Gasteiger partial charge in [0, 0.05) is 9.79 Å². The fourth-order valence-corrected chi connectivity index (χ4v) is 1.98. The van der Waals surface area contributed by atoms with Gasteiger partial charge in [-0.3, -0.25) is 0 Å². The number of benzene rings is 2. The van der Waals surface area contributed by atoms with Crippen molar-refractivity contribution in [1.82, 2.24) is 0 Å². The van der Waals surface area contributed by atoms with Crippen molar-refractivity contribution in [2.24, 2.45) is 0 Å².